The molecule has 0 amide bonds. The summed E-state index contributed by atoms with van der Waals surface area (Å²) in [6.07, 6.45) is 0.984. The fourth-order valence-electron chi connectivity index (χ4n) is 3.49. The summed E-state index contributed by atoms with van der Waals surface area (Å²) in [6.45, 7) is 2.82. The van der Waals surface area contributed by atoms with Gasteiger partial charge in [0, 0.05) is 11.1 Å². The Hall–Kier alpha value is -2.39. The van der Waals surface area contributed by atoms with Crippen molar-refractivity contribution in [2.45, 2.75) is 37.3 Å². The van der Waals surface area contributed by atoms with Crippen LogP contribution in [0.4, 0.5) is 0 Å². The van der Waals surface area contributed by atoms with E-state index in [1.165, 1.54) is 13.2 Å². The second-order valence-corrected chi connectivity index (χ2v) is 10.3. The zero-order valence-electron chi connectivity index (χ0n) is 18.6. The number of hydrogen-bond donors (Lipinski definition) is 2. The largest absolute Gasteiger partial charge is 0.507 e. The molecule has 3 aromatic carbocycles. The maximum Gasteiger partial charge on any atom is 0.241 e. The summed E-state index contributed by atoms with van der Waals surface area (Å²) in [5, 5.41) is 10.7. The number of sulfonamides is 1. The first-order valence-corrected chi connectivity index (χ1v) is 12.8. The average molecular weight is 534 g/mol. The van der Waals surface area contributed by atoms with E-state index in [1.54, 1.807) is 30.3 Å². The van der Waals surface area contributed by atoms with E-state index in [1.807, 2.05) is 37.3 Å². The first kappa shape index (κ1) is 25.2. The number of methoxy groups -OCH3 is 1. The minimum Gasteiger partial charge on any atom is -0.507 e. The van der Waals surface area contributed by atoms with Gasteiger partial charge < -0.3 is 14.6 Å². The van der Waals surface area contributed by atoms with Crippen LogP contribution in [0.15, 0.2) is 76.1 Å². The van der Waals surface area contributed by atoms with Crippen LogP contribution in [0.1, 0.15) is 35.6 Å². The Kier molecular flexibility index (Phi) is 8.91. The molecule has 0 saturated carbocycles. The van der Waals surface area contributed by atoms with Gasteiger partial charge in [0.2, 0.25) is 10.0 Å². The molecule has 0 heterocycles. The number of hydrogen-bond acceptors (Lipinski definition) is 5. The smallest absolute Gasteiger partial charge is 0.241 e. The summed E-state index contributed by atoms with van der Waals surface area (Å²) >= 11 is 3.34. The molecule has 0 aliphatic carbocycles. The molecule has 0 saturated heterocycles. The molecule has 0 unspecified atom stereocenters. The number of aromatic hydroxyl groups is 1. The van der Waals surface area contributed by atoms with Gasteiger partial charge in [0.15, 0.2) is 0 Å². The Morgan fingerprint density at radius 1 is 1.06 bits per heavy atom. The van der Waals surface area contributed by atoms with Gasteiger partial charge in [-0.25, -0.2) is 13.1 Å². The SMILES string of the molecule is COc1cc(Br)cc(O)c1[C@@H](CCCOCc1ccccc1)NS(=O)(=O)c1ccc(C)cc1. The topological polar surface area (TPSA) is 84.9 Å². The summed E-state index contributed by atoms with van der Waals surface area (Å²) in [5.74, 6) is 0.340. The van der Waals surface area contributed by atoms with Crippen LogP contribution in [0.3, 0.4) is 0 Å². The normalized spacial score (nSPS) is 12.5. The number of phenols is 1. The minimum absolute atomic E-state index is 0.0527. The lowest BCUT2D eigenvalue weighted by atomic mass is 10.0. The Balaban J connectivity index is 1.78. The molecule has 0 aliphatic heterocycles. The molecule has 0 radical (unpaired) electrons. The van der Waals surface area contributed by atoms with Crippen LogP contribution in [0.25, 0.3) is 0 Å². The lowest BCUT2D eigenvalue weighted by molar-refractivity contribution is 0.115. The second kappa shape index (κ2) is 11.7. The summed E-state index contributed by atoms with van der Waals surface area (Å²) in [7, 11) is -2.35. The Morgan fingerprint density at radius 2 is 1.76 bits per heavy atom. The van der Waals surface area contributed by atoms with E-state index in [9.17, 15) is 13.5 Å². The first-order chi connectivity index (χ1) is 15.8. The Bertz CT molecular complexity index is 1150. The third-order valence-corrected chi connectivity index (χ3v) is 7.12. The van der Waals surface area contributed by atoms with Gasteiger partial charge in [0.05, 0.1) is 30.2 Å². The quantitative estimate of drug-likeness (QED) is 0.318. The molecule has 0 fully saturated rings. The number of benzene rings is 3. The second-order valence-electron chi connectivity index (χ2n) is 7.71. The monoisotopic (exact) mass is 533 g/mol. The summed E-state index contributed by atoms with van der Waals surface area (Å²) in [4.78, 5) is 0.161. The fraction of sp³-hybridized carbons (Fsp3) is 0.280. The van der Waals surface area contributed by atoms with Crippen LogP contribution >= 0.6 is 15.9 Å². The van der Waals surface area contributed by atoms with Gasteiger partial charge in [-0.3, -0.25) is 0 Å². The van der Waals surface area contributed by atoms with Gasteiger partial charge in [0.25, 0.3) is 0 Å². The van der Waals surface area contributed by atoms with Crippen LogP contribution in [0.2, 0.25) is 0 Å². The van der Waals surface area contributed by atoms with Crippen molar-refractivity contribution >= 4 is 26.0 Å². The van der Waals surface area contributed by atoms with Crippen molar-refractivity contribution in [1.82, 2.24) is 4.72 Å². The van der Waals surface area contributed by atoms with E-state index >= 15 is 0 Å². The highest BCUT2D eigenvalue weighted by molar-refractivity contribution is 9.10. The van der Waals surface area contributed by atoms with E-state index in [-0.39, 0.29) is 10.6 Å². The van der Waals surface area contributed by atoms with Gasteiger partial charge in [0.1, 0.15) is 11.5 Å². The third-order valence-electron chi connectivity index (χ3n) is 5.18. The molecular formula is C25H28BrNO5S. The van der Waals surface area contributed by atoms with Crippen molar-refractivity contribution in [1.29, 1.82) is 0 Å². The van der Waals surface area contributed by atoms with Crippen LogP contribution in [-0.2, 0) is 21.4 Å². The first-order valence-electron chi connectivity index (χ1n) is 10.6. The number of nitrogens with one attached hydrogen (secondary N) is 1. The summed E-state index contributed by atoms with van der Waals surface area (Å²) in [6, 6.07) is 19.0. The standard InChI is InChI=1S/C25H28BrNO5S/c1-18-10-12-21(13-11-18)33(29,30)27-22(25-23(28)15-20(26)16-24(25)31-2)9-6-14-32-17-19-7-4-3-5-8-19/h3-5,7-8,10-13,15-16,22,27-28H,6,9,14,17H2,1-2H3/t22-/m1/s1. The molecule has 176 valence electrons. The molecule has 0 aromatic heterocycles. The Labute approximate surface area is 203 Å². The van der Waals surface area contributed by atoms with Crippen LogP contribution in [0.5, 0.6) is 11.5 Å². The van der Waals surface area contributed by atoms with Crippen molar-refractivity contribution in [3.8, 4) is 11.5 Å². The van der Waals surface area contributed by atoms with Gasteiger partial charge in [-0.15, -0.1) is 0 Å². The number of aryl methyl sites for hydroxylation is 1. The minimum atomic E-state index is -3.83. The Morgan fingerprint density at radius 3 is 2.42 bits per heavy atom. The van der Waals surface area contributed by atoms with E-state index in [0.29, 0.717) is 41.8 Å². The summed E-state index contributed by atoms with van der Waals surface area (Å²) in [5.41, 5.74) is 2.43. The number of halogens is 1. The van der Waals surface area contributed by atoms with Gasteiger partial charge >= 0.3 is 0 Å². The lowest BCUT2D eigenvalue weighted by Gasteiger charge is -2.23. The van der Waals surface area contributed by atoms with Crippen LogP contribution < -0.4 is 9.46 Å². The molecule has 33 heavy (non-hydrogen) atoms. The molecule has 6 nitrogen and oxygen atoms in total. The molecule has 1 atom stereocenters. The average Bonchev–Trinajstić information content (AvgIpc) is 2.78. The zero-order valence-corrected chi connectivity index (χ0v) is 21.0. The molecule has 0 spiro atoms. The van der Waals surface area contributed by atoms with Gasteiger partial charge in [-0.05, 0) is 49.6 Å². The van der Waals surface area contributed by atoms with E-state index in [2.05, 4.69) is 20.7 Å². The van der Waals surface area contributed by atoms with Crippen molar-refractivity contribution in [3.63, 3.8) is 0 Å². The van der Waals surface area contributed by atoms with Gasteiger partial charge in [-0.1, -0.05) is 64.0 Å². The van der Waals surface area contributed by atoms with Gasteiger partial charge in [-0.2, -0.15) is 0 Å². The predicted octanol–water partition coefficient (Wildman–Crippen LogP) is 5.49. The van der Waals surface area contributed by atoms with Crippen molar-refractivity contribution in [2.75, 3.05) is 13.7 Å². The highest BCUT2D eigenvalue weighted by atomic mass is 79.9. The summed E-state index contributed by atoms with van der Waals surface area (Å²) < 4.78 is 40.8. The fourth-order valence-corrected chi connectivity index (χ4v) is 5.15. The van der Waals surface area contributed by atoms with E-state index in [0.717, 1.165) is 11.1 Å². The van der Waals surface area contributed by atoms with Crippen molar-refractivity contribution < 1.29 is 23.0 Å². The predicted molar refractivity (Wildman–Crippen MR) is 132 cm³/mol. The third kappa shape index (κ3) is 7.04. The number of rotatable bonds is 11. The highest BCUT2D eigenvalue weighted by Crippen LogP contribution is 2.39. The van der Waals surface area contributed by atoms with Crippen molar-refractivity contribution in [3.05, 3.63) is 87.9 Å². The van der Waals surface area contributed by atoms with E-state index in [4.69, 9.17) is 9.47 Å². The number of ether oxygens (including phenoxy) is 2. The van der Waals surface area contributed by atoms with Crippen LogP contribution in [-0.4, -0.2) is 27.2 Å². The zero-order chi connectivity index (χ0) is 23.8. The molecule has 0 bridgehead atoms. The molecule has 3 rings (SSSR count). The molecular weight excluding hydrogens is 506 g/mol. The molecule has 0 aliphatic rings. The molecule has 3 aromatic rings. The number of phenolic OH excluding ortho intramolecular Hbond substituents is 1. The van der Waals surface area contributed by atoms with Crippen molar-refractivity contribution in [2.24, 2.45) is 0 Å². The maximum absolute atomic E-state index is 13.1. The maximum atomic E-state index is 13.1. The molecule has 2 N–H and O–H groups in total. The van der Waals surface area contributed by atoms with E-state index < -0.39 is 16.1 Å². The lowest BCUT2D eigenvalue weighted by Crippen LogP contribution is -2.29. The molecule has 8 heteroatoms. The highest BCUT2D eigenvalue weighted by Gasteiger charge is 2.26. The van der Waals surface area contributed by atoms with Crippen LogP contribution in [0, 0.1) is 6.92 Å².